The van der Waals surface area contributed by atoms with Crippen LogP contribution in [0.25, 0.3) is 0 Å². The van der Waals surface area contributed by atoms with Crippen molar-refractivity contribution in [3.8, 4) is 0 Å². The number of hydrogen-bond acceptors (Lipinski definition) is 6. The third-order valence-corrected chi connectivity index (χ3v) is 6.36. The van der Waals surface area contributed by atoms with Crippen LogP contribution in [-0.2, 0) is 19.1 Å². The fourth-order valence-electron chi connectivity index (χ4n) is 4.06. The van der Waals surface area contributed by atoms with E-state index in [1.165, 1.54) is 25.1 Å². The van der Waals surface area contributed by atoms with E-state index in [2.05, 4.69) is 10.7 Å². The third-order valence-electron chi connectivity index (χ3n) is 5.62. The molecule has 1 saturated carbocycles. The number of carbonyl (C=O) groups is 4. The molecule has 168 valence electrons. The van der Waals surface area contributed by atoms with E-state index in [9.17, 15) is 19.2 Å². The quantitative estimate of drug-likeness (QED) is 0.488. The Balaban J connectivity index is 1.70. The molecule has 0 unspecified atom stereocenters. The summed E-state index contributed by atoms with van der Waals surface area (Å²) in [6.45, 7) is -0.288. The first-order valence-electron chi connectivity index (χ1n) is 9.88. The van der Waals surface area contributed by atoms with Crippen LogP contribution in [0.5, 0.6) is 0 Å². The summed E-state index contributed by atoms with van der Waals surface area (Å²) in [7, 11) is 2.77. The zero-order valence-electron chi connectivity index (χ0n) is 17.2. The molecule has 0 aromatic heterocycles. The van der Waals surface area contributed by atoms with Crippen LogP contribution in [0, 0.1) is 0 Å². The number of imide groups is 1. The van der Waals surface area contributed by atoms with Crippen LogP contribution in [0.3, 0.4) is 0 Å². The van der Waals surface area contributed by atoms with Gasteiger partial charge in [0.2, 0.25) is 0 Å². The van der Waals surface area contributed by atoms with Gasteiger partial charge in [-0.2, -0.15) is 5.01 Å². The number of nitrogens with one attached hydrogen (secondary N) is 2. The zero-order valence-corrected chi connectivity index (χ0v) is 18.8. The Bertz CT molecular complexity index is 904. The number of hydrogen-bond donors (Lipinski definition) is 2. The van der Waals surface area contributed by atoms with E-state index in [-0.39, 0.29) is 11.6 Å². The summed E-state index contributed by atoms with van der Waals surface area (Å²) in [5.41, 5.74) is 1.89. The standard InChI is InChI=1S/C20H24Cl2N4O5/c1-25(16(17(28)31-2)12-6-7-13(21)14(22)10-12)11-15(27)24-26-18(29)20(23-19(26)30)8-4-3-5-9-20/h6-7,10,16H,3-5,8-9,11H2,1-2H3,(H,23,30)(H,24,27)/t16-/m0/s1. The lowest BCUT2D eigenvalue weighted by atomic mass is 9.82. The Morgan fingerprint density at radius 3 is 2.52 bits per heavy atom. The summed E-state index contributed by atoms with van der Waals surface area (Å²) < 4.78 is 4.87. The molecule has 1 aromatic carbocycles. The van der Waals surface area contributed by atoms with Crippen molar-refractivity contribution < 1.29 is 23.9 Å². The van der Waals surface area contributed by atoms with E-state index >= 15 is 0 Å². The fourth-order valence-corrected chi connectivity index (χ4v) is 4.37. The van der Waals surface area contributed by atoms with Crippen molar-refractivity contribution in [2.45, 2.75) is 43.7 Å². The predicted molar refractivity (Wildman–Crippen MR) is 113 cm³/mol. The first kappa shape index (κ1) is 23.3. The number of nitrogens with zero attached hydrogens (tertiary/aromatic N) is 2. The molecule has 2 fully saturated rings. The molecule has 1 atom stereocenters. The lowest BCUT2D eigenvalue weighted by Crippen LogP contribution is -2.52. The van der Waals surface area contributed by atoms with Crippen molar-refractivity contribution in [1.82, 2.24) is 20.7 Å². The number of hydrazine groups is 1. The van der Waals surface area contributed by atoms with Gasteiger partial charge in [-0.1, -0.05) is 48.5 Å². The second-order valence-corrected chi connectivity index (χ2v) is 8.58. The molecular formula is C20H24Cl2N4O5. The van der Waals surface area contributed by atoms with Gasteiger partial charge in [0, 0.05) is 0 Å². The summed E-state index contributed by atoms with van der Waals surface area (Å²) >= 11 is 12.0. The smallest absolute Gasteiger partial charge is 0.344 e. The number of methoxy groups -OCH3 is 1. The molecule has 0 radical (unpaired) electrons. The molecule has 2 N–H and O–H groups in total. The van der Waals surface area contributed by atoms with Gasteiger partial charge in [0.25, 0.3) is 11.8 Å². The van der Waals surface area contributed by atoms with Crippen LogP contribution in [0.15, 0.2) is 18.2 Å². The number of halogens is 2. The van der Waals surface area contributed by atoms with Crippen molar-refractivity contribution in [3.63, 3.8) is 0 Å². The number of amides is 4. The molecule has 11 heteroatoms. The van der Waals surface area contributed by atoms with Gasteiger partial charge in [0.05, 0.1) is 23.7 Å². The van der Waals surface area contributed by atoms with Gasteiger partial charge >= 0.3 is 12.0 Å². The minimum absolute atomic E-state index is 0.253. The number of urea groups is 1. The van der Waals surface area contributed by atoms with Gasteiger partial charge in [0.15, 0.2) is 0 Å². The maximum absolute atomic E-state index is 12.8. The number of esters is 1. The lowest BCUT2D eigenvalue weighted by Gasteiger charge is -2.30. The topological polar surface area (TPSA) is 108 Å². The number of carbonyl (C=O) groups excluding carboxylic acids is 4. The second kappa shape index (κ2) is 9.42. The summed E-state index contributed by atoms with van der Waals surface area (Å²) in [5, 5.41) is 4.03. The third kappa shape index (κ3) is 4.78. The number of ether oxygens (including phenoxy) is 1. The largest absolute Gasteiger partial charge is 0.468 e. The molecule has 4 amide bonds. The van der Waals surface area contributed by atoms with Crippen molar-refractivity contribution >= 4 is 47.0 Å². The molecule has 1 saturated heterocycles. The van der Waals surface area contributed by atoms with Gasteiger partial charge in [-0.05, 0) is 37.6 Å². The van der Waals surface area contributed by atoms with Crippen LogP contribution in [0.4, 0.5) is 4.79 Å². The van der Waals surface area contributed by atoms with Crippen LogP contribution >= 0.6 is 23.2 Å². The summed E-state index contributed by atoms with van der Waals surface area (Å²) in [6, 6.07) is 3.06. The average Bonchev–Trinajstić information content (AvgIpc) is 2.95. The first-order chi connectivity index (χ1) is 14.7. The molecule has 3 rings (SSSR count). The maximum atomic E-state index is 12.8. The van der Waals surface area contributed by atoms with Gasteiger partial charge in [0.1, 0.15) is 11.6 Å². The molecule has 1 heterocycles. The molecule has 1 aliphatic heterocycles. The molecule has 1 aromatic rings. The highest BCUT2D eigenvalue weighted by atomic mass is 35.5. The van der Waals surface area contributed by atoms with E-state index in [4.69, 9.17) is 27.9 Å². The van der Waals surface area contributed by atoms with Gasteiger partial charge in [-0.15, -0.1) is 0 Å². The Morgan fingerprint density at radius 2 is 1.90 bits per heavy atom. The lowest BCUT2D eigenvalue weighted by molar-refractivity contribution is -0.148. The Hall–Kier alpha value is -2.36. The van der Waals surface area contributed by atoms with E-state index in [0.29, 0.717) is 23.4 Å². The predicted octanol–water partition coefficient (Wildman–Crippen LogP) is 2.43. The minimum atomic E-state index is -0.946. The Labute approximate surface area is 189 Å². The van der Waals surface area contributed by atoms with E-state index in [1.807, 2.05) is 0 Å². The Morgan fingerprint density at radius 1 is 1.23 bits per heavy atom. The average molecular weight is 471 g/mol. The second-order valence-electron chi connectivity index (χ2n) is 7.76. The molecule has 1 spiro atoms. The highest BCUT2D eigenvalue weighted by molar-refractivity contribution is 6.42. The van der Waals surface area contributed by atoms with Gasteiger partial charge < -0.3 is 10.1 Å². The van der Waals surface area contributed by atoms with Crippen LogP contribution < -0.4 is 10.7 Å². The van der Waals surface area contributed by atoms with Crippen molar-refractivity contribution in [2.75, 3.05) is 20.7 Å². The normalized spacial score (nSPS) is 18.8. The summed E-state index contributed by atoms with van der Waals surface area (Å²) in [5.74, 6) is -1.69. The van der Waals surface area contributed by atoms with Crippen molar-refractivity contribution in [3.05, 3.63) is 33.8 Å². The molecular weight excluding hydrogens is 447 g/mol. The Kier molecular flexibility index (Phi) is 7.08. The summed E-state index contributed by atoms with van der Waals surface area (Å²) in [6.07, 6.45) is 3.77. The van der Waals surface area contributed by atoms with Gasteiger partial charge in [-0.25, -0.2) is 9.59 Å². The van der Waals surface area contributed by atoms with Crippen LogP contribution in [-0.4, -0.2) is 60.0 Å². The highest BCUT2D eigenvalue weighted by Gasteiger charge is 2.52. The molecule has 9 nitrogen and oxygen atoms in total. The molecule has 31 heavy (non-hydrogen) atoms. The van der Waals surface area contributed by atoms with E-state index in [1.54, 1.807) is 12.1 Å². The SMILES string of the molecule is COC(=O)[C@H](c1ccc(Cl)c(Cl)c1)N(C)CC(=O)NN1C(=O)NC2(CCCCC2)C1=O. The minimum Gasteiger partial charge on any atom is -0.468 e. The number of rotatable bonds is 6. The number of benzene rings is 1. The van der Waals surface area contributed by atoms with E-state index < -0.39 is 35.4 Å². The van der Waals surface area contributed by atoms with Crippen LogP contribution in [0.1, 0.15) is 43.7 Å². The first-order valence-corrected chi connectivity index (χ1v) is 10.6. The van der Waals surface area contributed by atoms with Crippen molar-refractivity contribution in [2.24, 2.45) is 0 Å². The highest BCUT2D eigenvalue weighted by Crippen LogP contribution is 2.33. The molecule has 1 aliphatic carbocycles. The van der Waals surface area contributed by atoms with E-state index in [0.717, 1.165) is 24.3 Å². The summed E-state index contributed by atoms with van der Waals surface area (Å²) in [4.78, 5) is 51.6. The van der Waals surface area contributed by atoms with Gasteiger partial charge in [-0.3, -0.25) is 19.9 Å². The maximum Gasteiger partial charge on any atom is 0.344 e. The zero-order chi connectivity index (χ0) is 22.8. The monoisotopic (exact) mass is 470 g/mol. The fraction of sp³-hybridized carbons (Fsp3) is 0.500. The number of likely N-dealkylation sites (N-methyl/N-ethyl adjacent to an activating group) is 1. The van der Waals surface area contributed by atoms with Crippen LogP contribution in [0.2, 0.25) is 10.0 Å². The molecule has 2 aliphatic rings. The molecule has 0 bridgehead atoms. The van der Waals surface area contributed by atoms with Crippen molar-refractivity contribution in [1.29, 1.82) is 0 Å².